The maximum Gasteiger partial charge on any atom is 0.408 e. The van der Waals surface area contributed by atoms with Gasteiger partial charge >= 0.3 is 6.09 Å². The highest BCUT2D eigenvalue weighted by atomic mass is 16.6. The van der Waals surface area contributed by atoms with E-state index in [0.29, 0.717) is 13.0 Å². The summed E-state index contributed by atoms with van der Waals surface area (Å²) in [6.07, 6.45) is 6.46. The van der Waals surface area contributed by atoms with Crippen molar-refractivity contribution < 1.29 is 19.1 Å². The number of rotatable bonds is 13. The van der Waals surface area contributed by atoms with E-state index in [-0.39, 0.29) is 23.8 Å². The van der Waals surface area contributed by atoms with Crippen molar-refractivity contribution in [1.82, 2.24) is 15.5 Å². The molecule has 208 valence electrons. The Morgan fingerprint density at radius 2 is 1.70 bits per heavy atom. The van der Waals surface area contributed by atoms with Gasteiger partial charge in [-0.15, -0.1) is 0 Å². The van der Waals surface area contributed by atoms with Crippen LogP contribution in [0.25, 0.3) is 0 Å². The number of nitrogens with one attached hydrogen (secondary N) is 2. The third-order valence-corrected chi connectivity index (χ3v) is 6.73. The molecule has 2 unspecified atom stereocenters. The molecule has 0 radical (unpaired) electrons. The van der Waals surface area contributed by atoms with Crippen LogP contribution in [-0.4, -0.2) is 47.0 Å². The maximum atomic E-state index is 14.2. The van der Waals surface area contributed by atoms with Crippen LogP contribution in [0.4, 0.5) is 4.79 Å². The Hall–Kier alpha value is -2.57. The summed E-state index contributed by atoms with van der Waals surface area (Å²) in [5.41, 5.74) is 1.30. The second-order valence-electron chi connectivity index (χ2n) is 11.7. The Morgan fingerprint density at radius 1 is 1.05 bits per heavy atom. The fourth-order valence-electron chi connectivity index (χ4n) is 4.56. The molecule has 2 atom stereocenters. The fourth-order valence-corrected chi connectivity index (χ4v) is 4.56. The number of carbonyl (C=O) groups is 3. The van der Waals surface area contributed by atoms with E-state index in [1.54, 1.807) is 25.7 Å². The normalized spacial score (nSPS) is 15.5. The van der Waals surface area contributed by atoms with Crippen LogP contribution in [0, 0.1) is 5.92 Å². The molecule has 3 amide bonds. The van der Waals surface area contributed by atoms with E-state index < -0.39 is 23.8 Å². The molecule has 7 nitrogen and oxygen atoms in total. The van der Waals surface area contributed by atoms with Crippen LogP contribution in [-0.2, 0) is 20.7 Å². The summed E-state index contributed by atoms with van der Waals surface area (Å²) >= 11 is 0. The third-order valence-electron chi connectivity index (χ3n) is 6.73. The number of benzene rings is 1. The van der Waals surface area contributed by atoms with Crippen molar-refractivity contribution in [2.24, 2.45) is 5.92 Å². The molecule has 0 aromatic heterocycles. The van der Waals surface area contributed by atoms with Gasteiger partial charge in [-0.05, 0) is 76.3 Å². The molecule has 7 heteroatoms. The highest BCUT2D eigenvalue weighted by molar-refractivity contribution is 5.92. The summed E-state index contributed by atoms with van der Waals surface area (Å²) in [4.78, 5) is 42.3. The summed E-state index contributed by atoms with van der Waals surface area (Å²) in [6, 6.07) is 6.42. The molecule has 2 rings (SSSR count). The predicted octanol–water partition coefficient (Wildman–Crippen LogP) is 5.92. The van der Waals surface area contributed by atoms with Gasteiger partial charge in [0.15, 0.2) is 0 Å². The van der Waals surface area contributed by atoms with Crippen LogP contribution in [0.5, 0.6) is 0 Å². The highest BCUT2D eigenvalue weighted by Crippen LogP contribution is 2.34. The summed E-state index contributed by atoms with van der Waals surface area (Å²) < 4.78 is 5.47. The lowest BCUT2D eigenvalue weighted by Gasteiger charge is -2.43. The molecule has 0 saturated heterocycles. The zero-order chi connectivity index (χ0) is 27.6. The zero-order valence-electron chi connectivity index (χ0n) is 24.1. The largest absolute Gasteiger partial charge is 0.444 e. The third kappa shape index (κ3) is 9.67. The molecular weight excluding hydrogens is 466 g/mol. The van der Waals surface area contributed by atoms with Gasteiger partial charge in [0.2, 0.25) is 11.8 Å². The van der Waals surface area contributed by atoms with Crippen molar-refractivity contribution in [3.63, 3.8) is 0 Å². The van der Waals surface area contributed by atoms with Gasteiger partial charge in [-0.3, -0.25) is 9.59 Å². The maximum absolute atomic E-state index is 14.2. The van der Waals surface area contributed by atoms with Crippen LogP contribution < -0.4 is 10.6 Å². The standard InChI is InChI=1S/C30H49N3O4/c1-8-10-11-19-31-27(34)26(23-17-15-22(9-2)16-18-23)33(24-13-12-14-24)28(35)25(20-21(3)4)32-29(36)37-30(5,6)7/h15-18,21,24-26H,8-14,19-20H2,1-7H3,(H,31,34)(H,32,36). The van der Waals surface area contributed by atoms with Crippen LogP contribution in [0.15, 0.2) is 24.3 Å². The first-order valence-corrected chi connectivity index (χ1v) is 14.1. The number of alkyl carbamates (subject to hydrolysis) is 1. The molecule has 1 fully saturated rings. The van der Waals surface area contributed by atoms with Crippen LogP contribution in [0.3, 0.4) is 0 Å². The van der Waals surface area contributed by atoms with E-state index in [9.17, 15) is 14.4 Å². The lowest BCUT2D eigenvalue weighted by Crippen LogP contribution is -2.57. The molecule has 0 aliphatic heterocycles. The number of aryl methyl sites for hydroxylation is 1. The van der Waals surface area contributed by atoms with Gasteiger partial charge in [0.1, 0.15) is 17.7 Å². The molecule has 2 N–H and O–H groups in total. The number of ether oxygens (including phenoxy) is 1. The topological polar surface area (TPSA) is 87.7 Å². The highest BCUT2D eigenvalue weighted by Gasteiger charge is 2.42. The number of carbonyl (C=O) groups excluding carboxylic acids is 3. The van der Waals surface area contributed by atoms with Crippen molar-refractivity contribution in [3.05, 3.63) is 35.4 Å². The van der Waals surface area contributed by atoms with Crippen LogP contribution in [0.2, 0.25) is 0 Å². The Kier molecular flexibility index (Phi) is 11.9. The summed E-state index contributed by atoms with van der Waals surface area (Å²) in [5, 5.41) is 5.92. The van der Waals surface area contributed by atoms with Crippen molar-refractivity contribution >= 4 is 17.9 Å². The molecule has 0 heterocycles. The van der Waals surface area contributed by atoms with Crippen molar-refractivity contribution in [2.75, 3.05) is 6.54 Å². The lowest BCUT2D eigenvalue weighted by atomic mass is 9.87. The SMILES string of the molecule is CCCCCNC(=O)C(c1ccc(CC)cc1)N(C(=O)C(CC(C)C)NC(=O)OC(C)(C)C)C1CCC1. The number of nitrogens with zero attached hydrogens (tertiary/aromatic N) is 1. The Labute approximate surface area is 224 Å². The monoisotopic (exact) mass is 515 g/mol. The van der Waals surface area contributed by atoms with Crippen LogP contribution in [0.1, 0.15) is 111 Å². The number of hydrogen-bond donors (Lipinski definition) is 2. The van der Waals surface area contributed by atoms with E-state index in [1.165, 1.54) is 5.56 Å². The summed E-state index contributed by atoms with van der Waals surface area (Å²) in [7, 11) is 0. The minimum absolute atomic E-state index is 0.0418. The average molecular weight is 516 g/mol. The van der Waals surface area contributed by atoms with E-state index in [4.69, 9.17) is 4.74 Å². The van der Waals surface area contributed by atoms with Crippen LogP contribution >= 0.6 is 0 Å². The smallest absolute Gasteiger partial charge is 0.408 e. The summed E-state index contributed by atoms with van der Waals surface area (Å²) in [5.74, 6) is -0.226. The van der Waals surface area contributed by atoms with Crippen molar-refractivity contribution in [1.29, 1.82) is 0 Å². The van der Waals surface area contributed by atoms with Crippen molar-refractivity contribution in [2.45, 2.75) is 124 Å². The quantitative estimate of drug-likeness (QED) is 0.319. The average Bonchev–Trinajstić information content (AvgIpc) is 2.78. The van der Waals surface area contributed by atoms with E-state index in [0.717, 1.165) is 50.5 Å². The lowest BCUT2D eigenvalue weighted by molar-refractivity contribution is -0.147. The van der Waals surface area contributed by atoms with Gasteiger partial charge in [-0.1, -0.05) is 64.8 Å². The van der Waals surface area contributed by atoms with Gasteiger partial charge in [-0.25, -0.2) is 4.79 Å². The minimum Gasteiger partial charge on any atom is -0.444 e. The number of unbranched alkanes of at least 4 members (excludes halogenated alkanes) is 2. The van der Waals surface area contributed by atoms with E-state index in [2.05, 4.69) is 24.5 Å². The first-order chi connectivity index (χ1) is 17.5. The second-order valence-corrected chi connectivity index (χ2v) is 11.7. The molecule has 0 bridgehead atoms. The molecule has 1 aromatic carbocycles. The Bertz CT molecular complexity index is 872. The molecule has 37 heavy (non-hydrogen) atoms. The fraction of sp³-hybridized carbons (Fsp3) is 0.700. The number of hydrogen-bond acceptors (Lipinski definition) is 4. The zero-order valence-corrected chi connectivity index (χ0v) is 24.1. The Balaban J connectivity index is 2.43. The molecule has 1 aliphatic carbocycles. The molecule has 0 spiro atoms. The van der Waals surface area contributed by atoms with Crippen molar-refractivity contribution in [3.8, 4) is 0 Å². The van der Waals surface area contributed by atoms with Gasteiger partial charge < -0.3 is 20.3 Å². The molecule has 1 saturated carbocycles. The van der Waals surface area contributed by atoms with Gasteiger partial charge in [-0.2, -0.15) is 0 Å². The first-order valence-electron chi connectivity index (χ1n) is 14.1. The number of amides is 3. The van der Waals surface area contributed by atoms with Gasteiger partial charge in [0.05, 0.1) is 0 Å². The summed E-state index contributed by atoms with van der Waals surface area (Å²) in [6.45, 7) is 14.2. The first kappa shape index (κ1) is 30.7. The molecule has 1 aliphatic rings. The second kappa shape index (κ2) is 14.4. The minimum atomic E-state index is -0.777. The van der Waals surface area contributed by atoms with E-state index >= 15 is 0 Å². The molecular formula is C30H49N3O4. The van der Waals surface area contributed by atoms with Gasteiger partial charge in [0, 0.05) is 12.6 Å². The van der Waals surface area contributed by atoms with E-state index in [1.807, 2.05) is 38.1 Å². The predicted molar refractivity (Wildman–Crippen MR) is 148 cm³/mol. The molecule has 1 aromatic rings. The van der Waals surface area contributed by atoms with Gasteiger partial charge in [0.25, 0.3) is 0 Å². The Morgan fingerprint density at radius 3 is 2.19 bits per heavy atom.